The molecule has 0 spiro atoms. The van der Waals surface area contributed by atoms with Gasteiger partial charge < -0.3 is 30.7 Å². The van der Waals surface area contributed by atoms with Gasteiger partial charge in [0.15, 0.2) is 5.78 Å². The lowest BCUT2D eigenvalue weighted by atomic mass is 9.96. The Morgan fingerprint density at radius 3 is 2.43 bits per heavy atom. The van der Waals surface area contributed by atoms with Crippen LogP contribution in [0.2, 0.25) is 0 Å². The molecule has 0 unspecified atom stereocenters. The summed E-state index contributed by atoms with van der Waals surface area (Å²) in [7, 11) is 0. The van der Waals surface area contributed by atoms with Gasteiger partial charge in [-0.1, -0.05) is 36.4 Å². The molecular weight excluding hydrogens is 388 g/mol. The third-order valence-electron chi connectivity index (χ3n) is 4.65. The normalized spacial score (nSPS) is 23.8. The summed E-state index contributed by atoms with van der Waals surface area (Å²) in [5, 5.41) is 34.5. The number of carbonyl (C=O) groups excluding carboxylic acids is 2. The van der Waals surface area contributed by atoms with Crippen LogP contribution in [0, 0.1) is 0 Å². The molecule has 8 heteroatoms. The second-order valence-corrected chi connectivity index (χ2v) is 6.99. The first kappa shape index (κ1) is 21.7. The van der Waals surface area contributed by atoms with Crippen LogP contribution >= 0.6 is 0 Å². The number of anilines is 2. The van der Waals surface area contributed by atoms with E-state index in [0.29, 0.717) is 16.9 Å². The summed E-state index contributed by atoms with van der Waals surface area (Å²) < 4.78 is 5.24. The average Bonchev–Trinajstić information content (AvgIpc) is 2.73. The predicted octanol–water partition coefficient (Wildman–Crippen LogP) is 1.78. The molecule has 1 saturated heterocycles. The number of nitrogens with one attached hydrogen (secondary N) is 2. The van der Waals surface area contributed by atoms with E-state index < -0.39 is 24.4 Å². The van der Waals surface area contributed by atoms with E-state index in [1.165, 1.54) is 6.08 Å². The monoisotopic (exact) mass is 412 g/mol. The molecule has 0 bridgehead atoms. The number of hydrogen-bond acceptors (Lipinski definition) is 6. The smallest absolute Gasteiger partial charge is 0.323 e. The maximum atomic E-state index is 12.2. The van der Waals surface area contributed by atoms with Gasteiger partial charge in [-0.15, -0.1) is 0 Å². The summed E-state index contributed by atoms with van der Waals surface area (Å²) >= 11 is 0. The molecule has 158 valence electrons. The zero-order valence-electron chi connectivity index (χ0n) is 16.1. The van der Waals surface area contributed by atoms with E-state index in [9.17, 15) is 24.9 Å². The number of hydrogen-bond donors (Lipinski definition) is 5. The van der Waals surface area contributed by atoms with Gasteiger partial charge in [0.2, 0.25) is 0 Å². The number of amides is 2. The van der Waals surface area contributed by atoms with Gasteiger partial charge in [-0.25, -0.2) is 4.79 Å². The third kappa shape index (κ3) is 5.98. The van der Waals surface area contributed by atoms with E-state index in [2.05, 4.69) is 10.6 Å². The molecule has 4 atom stereocenters. The van der Waals surface area contributed by atoms with E-state index in [-0.39, 0.29) is 24.8 Å². The average molecular weight is 412 g/mol. The van der Waals surface area contributed by atoms with Crippen LogP contribution in [0.3, 0.4) is 0 Å². The Labute approximate surface area is 173 Å². The predicted molar refractivity (Wildman–Crippen MR) is 112 cm³/mol. The molecule has 5 N–H and O–H groups in total. The molecule has 8 nitrogen and oxygen atoms in total. The largest absolute Gasteiger partial charge is 0.388 e. The Kier molecular flexibility index (Phi) is 7.31. The second-order valence-electron chi connectivity index (χ2n) is 6.99. The number of ketones is 1. The number of ether oxygens (including phenoxy) is 1. The topological polar surface area (TPSA) is 128 Å². The number of benzene rings is 2. The summed E-state index contributed by atoms with van der Waals surface area (Å²) in [6.07, 6.45) is -1.92. The number of carbonyl (C=O) groups is 2. The molecule has 0 aliphatic carbocycles. The number of rotatable bonds is 6. The Morgan fingerprint density at radius 1 is 0.967 bits per heavy atom. The molecule has 0 aromatic heterocycles. The fraction of sp³-hybridized carbons (Fsp3) is 0.273. The van der Waals surface area contributed by atoms with Crippen molar-refractivity contribution >= 4 is 29.3 Å². The molecular formula is C22H24N2O6. The van der Waals surface area contributed by atoms with Crippen LogP contribution in [0.4, 0.5) is 16.2 Å². The van der Waals surface area contributed by atoms with E-state index in [0.717, 1.165) is 0 Å². The second kappa shape index (κ2) is 10.1. The molecule has 2 aromatic carbocycles. The van der Waals surface area contributed by atoms with Crippen molar-refractivity contribution < 1.29 is 29.6 Å². The van der Waals surface area contributed by atoms with Crippen molar-refractivity contribution in [2.75, 3.05) is 17.2 Å². The van der Waals surface area contributed by atoms with Crippen molar-refractivity contribution in [3.63, 3.8) is 0 Å². The van der Waals surface area contributed by atoms with Crippen LogP contribution in [0.25, 0.3) is 6.08 Å². The van der Waals surface area contributed by atoms with Crippen molar-refractivity contribution in [1.82, 2.24) is 0 Å². The van der Waals surface area contributed by atoms with Crippen LogP contribution < -0.4 is 10.6 Å². The molecule has 1 aliphatic rings. The van der Waals surface area contributed by atoms with E-state index >= 15 is 0 Å². The number of aliphatic hydroxyl groups is 3. The lowest BCUT2D eigenvalue weighted by molar-refractivity contribution is -0.188. The van der Waals surface area contributed by atoms with Crippen molar-refractivity contribution in [1.29, 1.82) is 0 Å². The lowest BCUT2D eigenvalue weighted by Gasteiger charge is -2.34. The first-order valence-electron chi connectivity index (χ1n) is 9.52. The maximum Gasteiger partial charge on any atom is 0.323 e. The van der Waals surface area contributed by atoms with Gasteiger partial charge in [-0.05, 0) is 35.9 Å². The van der Waals surface area contributed by atoms with Crippen molar-refractivity contribution in [3.05, 3.63) is 66.2 Å². The first-order chi connectivity index (χ1) is 14.4. The van der Waals surface area contributed by atoms with Crippen molar-refractivity contribution in [2.45, 2.75) is 30.8 Å². The highest BCUT2D eigenvalue weighted by atomic mass is 16.5. The minimum Gasteiger partial charge on any atom is -0.388 e. The minimum absolute atomic E-state index is 0.126. The zero-order valence-corrected chi connectivity index (χ0v) is 16.1. The SMILES string of the molecule is O=C(/C=C/c1cccc(NC(=O)Nc2ccccc2)c1)C[C@@H]1OC[C@@H](O)[C@H](O)[C@H]1O. The summed E-state index contributed by atoms with van der Waals surface area (Å²) in [5.74, 6) is -0.303. The molecule has 0 radical (unpaired) electrons. The van der Waals surface area contributed by atoms with Gasteiger partial charge in [0, 0.05) is 17.8 Å². The van der Waals surface area contributed by atoms with Gasteiger partial charge in [0.1, 0.15) is 18.3 Å². The highest BCUT2D eigenvalue weighted by Crippen LogP contribution is 2.19. The van der Waals surface area contributed by atoms with E-state index in [1.54, 1.807) is 42.5 Å². The van der Waals surface area contributed by atoms with Crippen LogP contribution in [0.15, 0.2) is 60.7 Å². The van der Waals surface area contributed by atoms with E-state index in [4.69, 9.17) is 4.74 Å². The molecule has 1 aliphatic heterocycles. The number of para-hydroxylation sites is 1. The fourth-order valence-electron chi connectivity index (χ4n) is 3.04. The van der Waals surface area contributed by atoms with Gasteiger partial charge in [-0.2, -0.15) is 0 Å². The highest BCUT2D eigenvalue weighted by molar-refractivity contribution is 6.00. The van der Waals surface area contributed by atoms with Gasteiger partial charge in [-0.3, -0.25) is 4.79 Å². The molecule has 30 heavy (non-hydrogen) atoms. The molecule has 0 saturated carbocycles. The summed E-state index contributed by atoms with van der Waals surface area (Å²) in [4.78, 5) is 24.3. The number of allylic oxidation sites excluding steroid dienone is 1. The Morgan fingerprint density at radius 2 is 1.67 bits per heavy atom. The lowest BCUT2D eigenvalue weighted by Crippen LogP contribution is -2.53. The Hall–Kier alpha value is -3.04. The standard InChI is InChI=1S/C22H24N2O6/c25-17(12-19-21(28)20(27)18(26)13-30-19)10-9-14-5-4-8-16(11-14)24-22(29)23-15-6-2-1-3-7-15/h1-11,18-21,26-28H,12-13H2,(H2,23,24,29)/b10-9+/t18-,19+,20+,21+/m1/s1. The van der Waals surface area contributed by atoms with Gasteiger partial charge in [0.25, 0.3) is 0 Å². The quantitative estimate of drug-likeness (QED) is 0.460. The molecule has 2 aromatic rings. The zero-order chi connectivity index (χ0) is 21.5. The Bertz CT molecular complexity index is 902. The summed E-state index contributed by atoms with van der Waals surface area (Å²) in [6.45, 7) is -0.140. The fourth-order valence-corrected chi connectivity index (χ4v) is 3.04. The van der Waals surface area contributed by atoms with Crippen LogP contribution in [0.1, 0.15) is 12.0 Å². The Balaban J connectivity index is 1.54. The molecule has 2 amide bonds. The molecule has 3 rings (SSSR count). The molecule has 1 heterocycles. The summed E-state index contributed by atoms with van der Waals surface area (Å²) in [5.41, 5.74) is 1.92. The van der Waals surface area contributed by atoms with Gasteiger partial charge >= 0.3 is 6.03 Å². The number of aliphatic hydroxyl groups excluding tert-OH is 3. The summed E-state index contributed by atoms with van der Waals surface area (Å²) in [6, 6.07) is 15.6. The minimum atomic E-state index is -1.34. The number of urea groups is 1. The van der Waals surface area contributed by atoms with Crippen molar-refractivity contribution in [3.8, 4) is 0 Å². The maximum absolute atomic E-state index is 12.2. The van der Waals surface area contributed by atoms with Gasteiger partial charge in [0.05, 0.1) is 12.7 Å². The van der Waals surface area contributed by atoms with Crippen LogP contribution in [0.5, 0.6) is 0 Å². The third-order valence-corrected chi connectivity index (χ3v) is 4.65. The van der Waals surface area contributed by atoms with Crippen LogP contribution in [-0.2, 0) is 9.53 Å². The first-order valence-corrected chi connectivity index (χ1v) is 9.52. The van der Waals surface area contributed by atoms with E-state index in [1.807, 2.05) is 18.2 Å². The highest BCUT2D eigenvalue weighted by Gasteiger charge is 2.37. The van der Waals surface area contributed by atoms with Crippen LogP contribution in [-0.4, -0.2) is 58.2 Å². The molecule has 1 fully saturated rings. The van der Waals surface area contributed by atoms with Crippen molar-refractivity contribution in [2.24, 2.45) is 0 Å².